The summed E-state index contributed by atoms with van der Waals surface area (Å²) in [5, 5.41) is 17.6. The molecule has 28 heavy (non-hydrogen) atoms. The van der Waals surface area contributed by atoms with Crippen LogP contribution in [0.25, 0.3) is 0 Å². The number of carbonyl (C=O) groups is 1. The van der Waals surface area contributed by atoms with E-state index in [0.717, 1.165) is 76.2 Å². The highest BCUT2D eigenvalue weighted by Gasteiger charge is 2.35. The average molecular weight is 393 g/mol. The Balaban J connectivity index is 1.74. The molecule has 3 atom stereocenters. The first-order valence-corrected chi connectivity index (χ1v) is 10.9. The van der Waals surface area contributed by atoms with E-state index >= 15 is 0 Å². The molecule has 0 spiro atoms. The summed E-state index contributed by atoms with van der Waals surface area (Å²) in [4.78, 5) is 10.5. The first-order valence-electron chi connectivity index (χ1n) is 10.9. The molecule has 158 valence electrons. The first-order chi connectivity index (χ1) is 13.7. The molecule has 1 aliphatic heterocycles. The molecule has 0 radical (unpaired) electrons. The van der Waals surface area contributed by atoms with E-state index in [9.17, 15) is 4.79 Å². The Morgan fingerprint density at radius 2 is 1.32 bits per heavy atom. The third-order valence-electron chi connectivity index (χ3n) is 5.36. The van der Waals surface area contributed by atoms with Crippen molar-refractivity contribution in [1.29, 1.82) is 0 Å². The van der Waals surface area contributed by atoms with E-state index in [0.29, 0.717) is 0 Å². The van der Waals surface area contributed by atoms with Gasteiger partial charge in [-0.15, -0.1) is 0 Å². The van der Waals surface area contributed by atoms with E-state index in [1.54, 1.807) is 0 Å². The lowest BCUT2D eigenvalue weighted by Gasteiger charge is -2.16. The Bertz CT molecular complexity index is 533. The van der Waals surface area contributed by atoms with E-state index in [1.165, 1.54) is 0 Å². The second kappa shape index (κ2) is 13.7. The molecule has 1 saturated heterocycles. The van der Waals surface area contributed by atoms with Crippen molar-refractivity contribution in [3.63, 3.8) is 0 Å². The summed E-state index contributed by atoms with van der Waals surface area (Å²) < 4.78 is 12.5. The number of aliphatic hydroxyl groups is 1. The van der Waals surface area contributed by atoms with Gasteiger partial charge in [-0.3, -0.25) is 4.79 Å². The third-order valence-corrected chi connectivity index (χ3v) is 5.36. The minimum Gasteiger partial charge on any atom is -0.481 e. The Kier molecular flexibility index (Phi) is 11.2. The van der Waals surface area contributed by atoms with E-state index in [4.69, 9.17) is 19.7 Å². The quantitative estimate of drug-likeness (QED) is 0.400. The van der Waals surface area contributed by atoms with Gasteiger partial charge in [-0.05, 0) is 25.7 Å². The fraction of sp³-hybridized carbons (Fsp3) is 0.696. The number of benzene rings is 1. The van der Waals surface area contributed by atoms with Gasteiger partial charge in [-0.2, -0.15) is 0 Å². The Hall–Kier alpha value is -1.43. The molecule has 1 aromatic carbocycles. The third kappa shape index (κ3) is 8.72. The van der Waals surface area contributed by atoms with Crippen LogP contribution in [0.1, 0.15) is 88.9 Å². The zero-order chi connectivity index (χ0) is 20.0. The molecule has 0 aromatic heterocycles. The van der Waals surface area contributed by atoms with Crippen LogP contribution in [0.4, 0.5) is 0 Å². The second-order valence-corrected chi connectivity index (χ2v) is 7.72. The zero-order valence-electron chi connectivity index (χ0n) is 16.9. The molecular formula is C23H36O5. The fourth-order valence-electron chi connectivity index (χ4n) is 3.76. The Morgan fingerprint density at radius 1 is 0.786 bits per heavy atom. The molecule has 1 heterocycles. The molecule has 0 saturated carbocycles. The predicted molar refractivity (Wildman–Crippen MR) is 109 cm³/mol. The van der Waals surface area contributed by atoms with Crippen LogP contribution in [0.5, 0.6) is 0 Å². The molecule has 5 nitrogen and oxygen atoms in total. The van der Waals surface area contributed by atoms with Crippen LogP contribution < -0.4 is 0 Å². The number of aliphatic hydroxyl groups excluding tert-OH is 1. The maximum absolute atomic E-state index is 10.5. The maximum atomic E-state index is 10.5. The topological polar surface area (TPSA) is 76.0 Å². The van der Waals surface area contributed by atoms with Crippen molar-refractivity contribution >= 4 is 5.97 Å². The SMILES string of the molecule is O=C(O)CCCCCCC[C@@H]1OC(c2ccccc2)O[C@@H]1CCCCCCO. The smallest absolute Gasteiger partial charge is 0.303 e. The summed E-state index contributed by atoms with van der Waals surface area (Å²) in [5.74, 6) is -0.703. The van der Waals surface area contributed by atoms with Crippen molar-refractivity contribution < 1.29 is 24.5 Å². The average Bonchev–Trinajstić information content (AvgIpc) is 3.10. The molecule has 0 bridgehead atoms. The van der Waals surface area contributed by atoms with Gasteiger partial charge in [0, 0.05) is 18.6 Å². The highest BCUT2D eigenvalue weighted by molar-refractivity contribution is 5.66. The minimum absolute atomic E-state index is 0.127. The fourth-order valence-corrected chi connectivity index (χ4v) is 3.76. The van der Waals surface area contributed by atoms with Gasteiger partial charge in [0.05, 0.1) is 12.2 Å². The van der Waals surface area contributed by atoms with E-state index in [1.807, 2.05) is 30.3 Å². The molecule has 0 aliphatic carbocycles. The van der Waals surface area contributed by atoms with Crippen molar-refractivity contribution in [2.75, 3.05) is 6.61 Å². The molecule has 2 N–H and O–H groups in total. The van der Waals surface area contributed by atoms with Gasteiger partial charge in [0.15, 0.2) is 6.29 Å². The van der Waals surface area contributed by atoms with Crippen LogP contribution in [0, 0.1) is 0 Å². The van der Waals surface area contributed by atoms with Crippen LogP contribution in [0.15, 0.2) is 30.3 Å². The Labute approximate surface area is 169 Å². The van der Waals surface area contributed by atoms with Gasteiger partial charge in [0.25, 0.3) is 0 Å². The lowest BCUT2D eigenvalue weighted by Crippen LogP contribution is -2.22. The standard InChI is InChI=1S/C23H36O5/c24-18-12-5-4-10-16-21-20(15-9-2-1-3-11-17-22(25)26)27-23(28-21)19-13-7-6-8-14-19/h6-8,13-14,20-21,23-24H,1-5,9-12,15-18H2,(H,25,26)/t20-,21+,23?/m0/s1. The number of ether oxygens (including phenoxy) is 2. The molecular weight excluding hydrogens is 356 g/mol. The molecule has 5 heteroatoms. The van der Waals surface area contributed by atoms with Gasteiger partial charge < -0.3 is 19.7 Å². The summed E-state index contributed by atoms with van der Waals surface area (Å²) in [6, 6.07) is 10.1. The number of hydrogen-bond donors (Lipinski definition) is 2. The summed E-state index contributed by atoms with van der Waals surface area (Å²) in [7, 11) is 0. The van der Waals surface area contributed by atoms with E-state index in [2.05, 4.69) is 0 Å². The van der Waals surface area contributed by atoms with Crippen molar-refractivity contribution in [1.82, 2.24) is 0 Å². The first kappa shape index (κ1) is 22.9. The lowest BCUT2D eigenvalue weighted by molar-refractivity contribution is -0.137. The normalized spacial score (nSPS) is 21.8. The molecule has 1 unspecified atom stereocenters. The summed E-state index contributed by atoms with van der Waals surface area (Å²) in [6.07, 6.45) is 11.4. The van der Waals surface area contributed by atoms with Crippen LogP contribution in [-0.2, 0) is 14.3 Å². The Morgan fingerprint density at radius 3 is 1.89 bits per heavy atom. The van der Waals surface area contributed by atoms with E-state index < -0.39 is 5.97 Å². The number of rotatable bonds is 15. The summed E-state index contributed by atoms with van der Waals surface area (Å²) in [6.45, 7) is 0.272. The van der Waals surface area contributed by atoms with Crippen molar-refractivity contribution in [3.8, 4) is 0 Å². The van der Waals surface area contributed by atoms with Crippen LogP contribution in [-0.4, -0.2) is 35.0 Å². The van der Waals surface area contributed by atoms with Crippen molar-refractivity contribution in [2.45, 2.75) is 95.5 Å². The van der Waals surface area contributed by atoms with Gasteiger partial charge in [-0.1, -0.05) is 75.3 Å². The minimum atomic E-state index is -0.703. The zero-order valence-corrected chi connectivity index (χ0v) is 16.9. The highest BCUT2D eigenvalue weighted by atomic mass is 16.7. The summed E-state index contributed by atoms with van der Waals surface area (Å²) >= 11 is 0. The highest BCUT2D eigenvalue weighted by Crippen LogP contribution is 2.35. The molecule has 2 rings (SSSR count). The van der Waals surface area contributed by atoms with Crippen LogP contribution in [0.2, 0.25) is 0 Å². The number of hydrogen-bond acceptors (Lipinski definition) is 4. The largest absolute Gasteiger partial charge is 0.481 e. The maximum Gasteiger partial charge on any atom is 0.303 e. The number of unbranched alkanes of at least 4 members (excludes halogenated alkanes) is 7. The van der Waals surface area contributed by atoms with E-state index in [-0.39, 0.29) is 31.5 Å². The second-order valence-electron chi connectivity index (χ2n) is 7.72. The van der Waals surface area contributed by atoms with Crippen LogP contribution in [0.3, 0.4) is 0 Å². The number of carboxylic acids is 1. The molecule has 1 aromatic rings. The lowest BCUT2D eigenvalue weighted by atomic mass is 10.00. The number of carboxylic acid groups (broad SMARTS) is 1. The molecule has 1 aliphatic rings. The van der Waals surface area contributed by atoms with Crippen molar-refractivity contribution in [3.05, 3.63) is 35.9 Å². The van der Waals surface area contributed by atoms with Crippen molar-refractivity contribution in [2.24, 2.45) is 0 Å². The monoisotopic (exact) mass is 392 g/mol. The van der Waals surface area contributed by atoms with Gasteiger partial charge in [0.2, 0.25) is 0 Å². The van der Waals surface area contributed by atoms with Gasteiger partial charge in [-0.25, -0.2) is 0 Å². The summed E-state index contributed by atoms with van der Waals surface area (Å²) in [5.41, 5.74) is 1.07. The molecule has 1 fully saturated rings. The number of aliphatic carboxylic acids is 1. The predicted octanol–water partition coefficient (Wildman–Crippen LogP) is 5.23. The van der Waals surface area contributed by atoms with Gasteiger partial charge in [0.1, 0.15) is 0 Å². The van der Waals surface area contributed by atoms with Gasteiger partial charge >= 0.3 is 5.97 Å². The van der Waals surface area contributed by atoms with Crippen LogP contribution >= 0.6 is 0 Å². The molecule has 0 amide bonds.